The summed E-state index contributed by atoms with van der Waals surface area (Å²) in [5.74, 6) is -0.196. The molecule has 0 radical (unpaired) electrons. The second-order valence-electron chi connectivity index (χ2n) is 2.88. The Bertz CT molecular complexity index is 176. The van der Waals surface area contributed by atoms with Gasteiger partial charge in [0, 0.05) is 12.0 Å². The minimum absolute atomic E-state index is 0.0721. The Labute approximate surface area is 65.7 Å². The van der Waals surface area contributed by atoms with Gasteiger partial charge in [0.25, 0.3) is 0 Å². The van der Waals surface area contributed by atoms with Crippen LogP contribution in [0.15, 0.2) is 12.7 Å². The molecule has 1 aliphatic rings. The quantitative estimate of drug-likeness (QED) is 0.477. The Kier molecular flexibility index (Phi) is 2.29. The molecule has 0 saturated carbocycles. The Balaban J connectivity index is 2.61. The van der Waals surface area contributed by atoms with E-state index in [1.54, 1.807) is 6.08 Å². The van der Waals surface area contributed by atoms with E-state index >= 15 is 0 Å². The van der Waals surface area contributed by atoms with Gasteiger partial charge in [-0.25, -0.2) is 0 Å². The molecule has 1 unspecified atom stereocenters. The summed E-state index contributed by atoms with van der Waals surface area (Å²) in [7, 11) is 0. The molecular formula is C8H12O3. The van der Waals surface area contributed by atoms with Crippen LogP contribution in [-0.2, 0) is 9.53 Å². The molecule has 1 fully saturated rings. The predicted molar refractivity (Wildman–Crippen MR) is 39.9 cm³/mol. The van der Waals surface area contributed by atoms with Gasteiger partial charge in [-0.2, -0.15) is 0 Å². The van der Waals surface area contributed by atoms with Gasteiger partial charge >= 0.3 is 5.97 Å². The molecule has 1 N–H and O–H groups in total. The van der Waals surface area contributed by atoms with Crippen LogP contribution >= 0.6 is 0 Å². The first-order chi connectivity index (χ1) is 5.22. The standard InChI is InChI=1S/C8H12O3/c1-2-8(3-4-9)5-7(10)11-6-8/h2,9H,1,3-6H2. The molecule has 3 heteroatoms. The lowest BCUT2D eigenvalue weighted by atomic mass is 9.84. The maximum absolute atomic E-state index is 10.7. The van der Waals surface area contributed by atoms with Gasteiger partial charge in [-0.15, -0.1) is 6.58 Å². The molecule has 0 aromatic heterocycles. The molecule has 1 saturated heterocycles. The number of aliphatic hydroxyl groups excluding tert-OH is 1. The topological polar surface area (TPSA) is 46.5 Å². The third-order valence-corrected chi connectivity index (χ3v) is 2.06. The van der Waals surface area contributed by atoms with E-state index in [1.807, 2.05) is 0 Å². The van der Waals surface area contributed by atoms with E-state index in [1.165, 1.54) is 0 Å². The molecule has 0 amide bonds. The van der Waals surface area contributed by atoms with Crippen LogP contribution in [0.5, 0.6) is 0 Å². The summed E-state index contributed by atoms with van der Waals surface area (Å²) < 4.78 is 4.79. The second-order valence-corrected chi connectivity index (χ2v) is 2.88. The lowest BCUT2D eigenvalue weighted by Crippen LogP contribution is -2.19. The van der Waals surface area contributed by atoms with Crippen molar-refractivity contribution in [1.82, 2.24) is 0 Å². The number of carbonyl (C=O) groups excluding carboxylic acids is 1. The highest BCUT2D eigenvalue weighted by atomic mass is 16.5. The van der Waals surface area contributed by atoms with Gasteiger partial charge in [-0.05, 0) is 6.42 Å². The van der Waals surface area contributed by atoms with Crippen LogP contribution in [0.2, 0.25) is 0 Å². The number of ether oxygens (including phenoxy) is 1. The first-order valence-corrected chi connectivity index (χ1v) is 3.62. The molecule has 1 aliphatic heterocycles. The summed E-state index contributed by atoms with van der Waals surface area (Å²) in [6, 6.07) is 0. The Morgan fingerprint density at radius 1 is 1.82 bits per heavy atom. The fourth-order valence-corrected chi connectivity index (χ4v) is 1.23. The van der Waals surface area contributed by atoms with Crippen molar-refractivity contribution in [1.29, 1.82) is 0 Å². The maximum atomic E-state index is 10.7. The van der Waals surface area contributed by atoms with Crippen LogP contribution in [-0.4, -0.2) is 24.3 Å². The van der Waals surface area contributed by atoms with Crippen molar-refractivity contribution < 1.29 is 14.6 Å². The molecule has 0 spiro atoms. The second kappa shape index (κ2) is 3.05. The third kappa shape index (κ3) is 1.60. The van der Waals surface area contributed by atoms with Gasteiger partial charge < -0.3 is 9.84 Å². The minimum atomic E-state index is -0.300. The number of esters is 1. The molecule has 0 bridgehead atoms. The molecule has 0 aromatic carbocycles. The van der Waals surface area contributed by atoms with Gasteiger partial charge in [0.2, 0.25) is 0 Å². The highest BCUT2D eigenvalue weighted by Crippen LogP contribution is 2.33. The van der Waals surface area contributed by atoms with E-state index in [9.17, 15) is 4.79 Å². The predicted octanol–water partition coefficient (Wildman–Crippen LogP) is 0.488. The van der Waals surface area contributed by atoms with Crippen molar-refractivity contribution in [2.45, 2.75) is 12.8 Å². The molecule has 62 valence electrons. The van der Waals surface area contributed by atoms with Crippen LogP contribution in [0.1, 0.15) is 12.8 Å². The largest absolute Gasteiger partial charge is 0.465 e. The van der Waals surface area contributed by atoms with Crippen LogP contribution in [0, 0.1) is 5.41 Å². The zero-order valence-electron chi connectivity index (χ0n) is 6.38. The van der Waals surface area contributed by atoms with Gasteiger partial charge in [0.1, 0.15) is 6.61 Å². The van der Waals surface area contributed by atoms with Gasteiger partial charge in [-0.1, -0.05) is 6.08 Å². The van der Waals surface area contributed by atoms with Crippen LogP contribution in [0.25, 0.3) is 0 Å². The third-order valence-electron chi connectivity index (χ3n) is 2.06. The van der Waals surface area contributed by atoms with Crippen molar-refractivity contribution in [3.8, 4) is 0 Å². The molecule has 3 nitrogen and oxygen atoms in total. The molecule has 11 heavy (non-hydrogen) atoms. The highest BCUT2D eigenvalue weighted by Gasteiger charge is 2.36. The highest BCUT2D eigenvalue weighted by molar-refractivity contribution is 5.73. The SMILES string of the molecule is C=CC1(CCO)COC(=O)C1. The van der Waals surface area contributed by atoms with E-state index in [4.69, 9.17) is 9.84 Å². The Morgan fingerprint density at radius 3 is 2.91 bits per heavy atom. The molecule has 0 aliphatic carbocycles. The van der Waals surface area contributed by atoms with Crippen molar-refractivity contribution >= 4 is 5.97 Å². The zero-order chi connectivity index (χ0) is 8.32. The van der Waals surface area contributed by atoms with Gasteiger partial charge in [0.05, 0.1) is 6.42 Å². The van der Waals surface area contributed by atoms with Crippen LogP contribution < -0.4 is 0 Å². The van der Waals surface area contributed by atoms with Crippen molar-refractivity contribution in [2.75, 3.05) is 13.2 Å². The van der Waals surface area contributed by atoms with Crippen LogP contribution in [0.3, 0.4) is 0 Å². The smallest absolute Gasteiger partial charge is 0.306 e. The lowest BCUT2D eigenvalue weighted by molar-refractivity contribution is -0.137. The molecule has 1 heterocycles. The average Bonchev–Trinajstić information content (AvgIpc) is 2.34. The number of hydrogen-bond acceptors (Lipinski definition) is 3. The molecule has 0 aromatic rings. The minimum Gasteiger partial charge on any atom is -0.465 e. The fraction of sp³-hybridized carbons (Fsp3) is 0.625. The fourth-order valence-electron chi connectivity index (χ4n) is 1.23. The Hall–Kier alpha value is -0.830. The number of cyclic esters (lactones) is 1. The van der Waals surface area contributed by atoms with Crippen molar-refractivity contribution in [3.63, 3.8) is 0 Å². The molecular weight excluding hydrogens is 144 g/mol. The summed E-state index contributed by atoms with van der Waals surface area (Å²) in [6.07, 6.45) is 2.62. The lowest BCUT2D eigenvalue weighted by Gasteiger charge is -2.18. The zero-order valence-corrected chi connectivity index (χ0v) is 6.38. The first kappa shape index (κ1) is 8.27. The number of aliphatic hydroxyl groups is 1. The summed E-state index contributed by atoms with van der Waals surface area (Å²) >= 11 is 0. The van der Waals surface area contributed by atoms with Crippen molar-refractivity contribution in [3.05, 3.63) is 12.7 Å². The average molecular weight is 156 g/mol. The monoisotopic (exact) mass is 156 g/mol. The molecule has 1 rings (SSSR count). The summed E-state index contributed by atoms with van der Waals surface area (Å²) in [5, 5.41) is 8.69. The van der Waals surface area contributed by atoms with E-state index in [0.717, 1.165) is 0 Å². The van der Waals surface area contributed by atoms with E-state index in [2.05, 4.69) is 6.58 Å². The molecule has 1 atom stereocenters. The van der Waals surface area contributed by atoms with Gasteiger partial charge in [0.15, 0.2) is 0 Å². The van der Waals surface area contributed by atoms with Crippen molar-refractivity contribution in [2.24, 2.45) is 5.41 Å². The summed E-state index contributed by atoms with van der Waals surface area (Å²) in [6.45, 7) is 4.07. The normalized spacial score (nSPS) is 30.1. The number of rotatable bonds is 3. The Morgan fingerprint density at radius 2 is 2.55 bits per heavy atom. The number of carbonyl (C=O) groups is 1. The van der Waals surface area contributed by atoms with Gasteiger partial charge in [-0.3, -0.25) is 4.79 Å². The maximum Gasteiger partial charge on any atom is 0.306 e. The first-order valence-electron chi connectivity index (χ1n) is 3.62. The van der Waals surface area contributed by atoms with E-state index < -0.39 is 0 Å². The summed E-state index contributed by atoms with van der Waals surface area (Å²) in [5.41, 5.74) is -0.300. The van der Waals surface area contributed by atoms with E-state index in [0.29, 0.717) is 19.4 Å². The van der Waals surface area contributed by atoms with Crippen LogP contribution in [0.4, 0.5) is 0 Å². The summed E-state index contributed by atoms with van der Waals surface area (Å²) in [4.78, 5) is 10.7. The number of hydrogen-bond donors (Lipinski definition) is 1. The van der Waals surface area contributed by atoms with E-state index in [-0.39, 0.29) is 18.0 Å².